The van der Waals surface area contributed by atoms with Crippen LogP contribution in [0.4, 0.5) is 5.69 Å². The maximum atomic E-state index is 13.1. The van der Waals surface area contributed by atoms with Gasteiger partial charge in [-0.2, -0.15) is 4.31 Å². The monoisotopic (exact) mass is 571 g/mol. The Balaban J connectivity index is 1.40. The zero-order chi connectivity index (χ0) is 26.6. The number of carbonyl (C=O) groups excluding carboxylic acids is 1. The molecule has 2 aromatic rings. The van der Waals surface area contributed by atoms with Crippen LogP contribution in [0, 0.1) is 5.92 Å². The van der Waals surface area contributed by atoms with Gasteiger partial charge in [0.1, 0.15) is 5.75 Å². The van der Waals surface area contributed by atoms with Crippen molar-refractivity contribution in [3.05, 3.63) is 53.1 Å². The fourth-order valence-electron chi connectivity index (χ4n) is 4.39. The van der Waals surface area contributed by atoms with E-state index in [0.29, 0.717) is 42.4 Å². The highest BCUT2D eigenvalue weighted by atomic mass is 35.5. The molecule has 37 heavy (non-hydrogen) atoms. The van der Waals surface area contributed by atoms with Crippen LogP contribution in [-0.2, 0) is 35.3 Å². The molecule has 0 saturated carbocycles. The van der Waals surface area contributed by atoms with Gasteiger partial charge in [-0.05, 0) is 48.7 Å². The van der Waals surface area contributed by atoms with E-state index in [0.717, 1.165) is 0 Å². The normalized spacial score (nSPS) is 18.4. The predicted molar refractivity (Wildman–Crippen MR) is 140 cm³/mol. The molecule has 0 aliphatic carbocycles. The highest BCUT2D eigenvalue weighted by Gasteiger charge is 2.32. The van der Waals surface area contributed by atoms with Gasteiger partial charge >= 0.3 is 0 Å². The average molecular weight is 572 g/mol. The molecule has 0 aromatic heterocycles. The van der Waals surface area contributed by atoms with Gasteiger partial charge in [0.15, 0.2) is 0 Å². The lowest BCUT2D eigenvalue weighted by Crippen LogP contribution is -2.42. The molecule has 2 saturated heterocycles. The quantitative estimate of drug-likeness (QED) is 0.516. The molecule has 0 atom stereocenters. The van der Waals surface area contributed by atoms with Gasteiger partial charge < -0.3 is 14.8 Å². The molecule has 1 N–H and O–H groups in total. The van der Waals surface area contributed by atoms with E-state index in [4.69, 9.17) is 21.1 Å². The van der Waals surface area contributed by atoms with Crippen molar-refractivity contribution in [2.24, 2.45) is 5.92 Å². The number of sulfonamides is 2. The minimum Gasteiger partial charge on any atom is -0.495 e. The van der Waals surface area contributed by atoms with Gasteiger partial charge in [-0.25, -0.2) is 21.1 Å². The van der Waals surface area contributed by atoms with Gasteiger partial charge in [0.05, 0.1) is 36.7 Å². The van der Waals surface area contributed by atoms with Crippen molar-refractivity contribution in [3.63, 3.8) is 0 Å². The number of hydrogen-bond donors (Lipinski definition) is 1. The maximum absolute atomic E-state index is 13.1. The smallest absolute Gasteiger partial charge is 0.243 e. The van der Waals surface area contributed by atoms with Crippen molar-refractivity contribution in [1.29, 1.82) is 0 Å². The van der Waals surface area contributed by atoms with Gasteiger partial charge in [0.2, 0.25) is 26.0 Å². The van der Waals surface area contributed by atoms with E-state index in [1.165, 1.54) is 33.9 Å². The molecule has 2 heterocycles. The molecular weight excluding hydrogens is 542 g/mol. The van der Waals surface area contributed by atoms with Crippen molar-refractivity contribution >= 4 is 43.2 Å². The third kappa shape index (κ3) is 6.62. The number of carbonyl (C=O) groups is 1. The van der Waals surface area contributed by atoms with Crippen molar-refractivity contribution < 1.29 is 31.1 Å². The molecule has 1 amide bonds. The van der Waals surface area contributed by atoms with Crippen molar-refractivity contribution in [1.82, 2.24) is 8.61 Å². The number of nitrogens with one attached hydrogen (secondary N) is 1. The molecule has 0 radical (unpaired) electrons. The summed E-state index contributed by atoms with van der Waals surface area (Å²) in [6.07, 6.45) is 0.694. The standard InChI is InChI=1S/C24H30ClN3O7S2/c1-34-23-7-6-21(37(32,33)28-12-14-35-15-13-28)16-22(23)26-24(29)19-8-10-27(11-9-19)36(30,31)17-18-2-4-20(25)5-3-18/h2-7,16,19H,8-15,17H2,1H3,(H,26,29). The third-order valence-corrected chi connectivity index (χ3v) is 10.5. The largest absolute Gasteiger partial charge is 0.495 e. The molecule has 2 aliphatic rings. The van der Waals surface area contributed by atoms with Gasteiger partial charge in [-0.3, -0.25) is 4.79 Å². The number of morpholine rings is 1. The Morgan fingerprint density at radius 2 is 1.65 bits per heavy atom. The summed E-state index contributed by atoms with van der Waals surface area (Å²) in [6, 6.07) is 11.0. The molecule has 13 heteroatoms. The number of amides is 1. The van der Waals surface area contributed by atoms with Crippen LogP contribution < -0.4 is 10.1 Å². The number of anilines is 1. The number of rotatable bonds is 8. The second kappa shape index (κ2) is 11.7. The van der Waals surface area contributed by atoms with Gasteiger partial charge in [-0.1, -0.05) is 23.7 Å². The summed E-state index contributed by atoms with van der Waals surface area (Å²) >= 11 is 5.88. The van der Waals surface area contributed by atoms with Crippen molar-refractivity contribution in [2.75, 3.05) is 51.8 Å². The van der Waals surface area contributed by atoms with Crippen molar-refractivity contribution in [3.8, 4) is 5.75 Å². The van der Waals surface area contributed by atoms with Crippen LogP contribution in [0.25, 0.3) is 0 Å². The molecular formula is C24H30ClN3O7S2. The van der Waals surface area contributed by atoms with E-state index in [9.17, 15) is 21.6 Å². The Labute approximate surface area is 222 Å². The summed E-state index contributed by atoms with van der Waals surface area (Å²) in [7, 11) is -5.86. The van der Waals surface area contributed by atoms with Gasteiger partial charge in [0, 0.05) is 37.1 Å². The molecule has 0 spiro atoms. The van der Waals surface area contributed by atoms with Crippen LogP contribution in [0.2, 0.25) is 5.02 Å². The molecule has 4 rings (SSSR count). The Bertz CT molecular complexity index is 1320. The van der Waals surface area contributed by atoms with E-state index in [1.807, 2.05) is 0 Å². The lowest BCUT2D eigenvalue weighted by molar-refractivity contribution is -0.120. The zero-order valence-corrected chi connectivity index (χ0v) is 22.8. The minimum absolute atomic E-state index is 0.0496. The maximum Gasteiger partial charge on any atom is 0.243 e. The number of hydrogen-bond acceptors (Lipinski definition) is 7. The Morgan fingerprint density at radius 3 is 2.27 bits per heavy atom. The second-order valence-electron chi connectivity index (χ2n) is 8.92. The fraction of sp³-hybridized carbons (Fsp3) is 0.458. The summed E-state index contributed by atoms with van der Waals surface area (Å²) in [5, 5.41) is 3.33. The SMILES string of the molecule is COc1ccc(S(=O)(=O)N2CCOCC2)cc1NC(=O)C1CCN(S(=O)(=O)Cc2ccc(Cl)cc2)CC1. The molecule has 2 aliphatic heterocycles. The van der Waals surface area contributed by atoms with Crippen LogP contribution in [0.15, 0.2) is 47.4 Å². The van der Waals surface area contributed by atoms with E-state index in [-0.39, 0.29) is 48.4 Å². The third-order valence-electron chi connectivity index (χ3n) is 6.52. The van der Waals surface area contributed by atoms with E-state index < -0.39 is 26.0 Å². The number of benzene rings is 2. The number of methoxy groups -OCH3 is 1. The summed E-state index contributed by atoms with van der Waals surface area (Å²) in [6.45, 7) is 1.61. The lowest BCUT2D eigenvalue weighted by Gasteiger charge is -2.30. The first-order chi connectivity index (χ1) is 17.6. The summed E-state index contributed by atoms with van der Waals surface area (Å²) in [5.41, 5.74) is 0.892. The van der Waals surface area contributed by atoms with Gasteiger partial charge in [0.25, 0.3) is 0 Å². The number of piperidine rings is 1. The van der Waals surface area contributed by atoms with Crippen LogP contribution in [0.1, 0.15) is 18.4 Å². The molecule has 10 nitrogen and oxygen atoms in total. The van der Waals surface area contributed by atoms with E-state index in [1.54, 1.807) is 24.3 Å². The van der Waals surface area contributed by atoms with Crippen molar-refractivity contribution in [2.45, 2.75) is 23.5 Å². The topological polar surface area (TPSA) is 122 Å². The summed E-state index contributed by atoms with van der Waals surface area (Å²) in [5.74, 6) is -0.541. The fourth-order valence-corrected chi connectivity index (χ4v) is 7.52. The number of ether oxygens (including phenoxy) is 2. The minimum atomic E-state index is -3.76. The molecule has 0 unspecified atom stereocenters. The van der Waals surface area contributed by atoms with E-state index in [2.05, 4.69) is 5.32 Å². The predicted octanol–water partition coefficient (Wildman–Crippen LogP) is 2.55. The Hall–Kier alpha value is -2.22. The van der Waals surface area contributed by atoms with Crippen LogP contribution in [-0.4, -0.2) is 77.9 Å². The zero-order valence-electron chi connectivity index (χ0n) is 20.4. The molecule has 0 bridgehead atoms. The average Bonchev–Trinajstić information content (AvgIpc) is 2.90. The van der Waals surface area contributed by atoms with E-state index >= 15 is 0 Å². The first-order valence-corrected chi connectivity index (χ1v) is 15.3. The van der Waals surface area contributed by atoms with Crippen LogP contribution in [0.5, 0.6) is 5.75 Å². The first kappa shape index (κ1) is 27.8. The lowest BCUT2D eigenvalue weighted by atomic mass is 9.97. The van der Waals surface area contributed by atoms with Crippen LogP contribution in [0.3, 0.4) is 0 Å². The summed E-state index contributed by atoms with van der Waals surface area (Å²) in [4.78, 5) is 13.1. The second-order valence-corrected chi connectivity index (χ2v) is 13.3. The highest BCUT2D eigenvalue weighted by molar-refractivity contribution is 7.89. The molecule has 2 fully saturated rings. The molecule has 202 valence electrons. The number of nitrogens with zero attached hydrogens (tertiary/aromatic N) is 2. The Kier molecular flexibility index (Phi) is 8.77. The molecule has 2 aromatic carbocycles. The highest BCUT2D eigenvalue weighted by Crippen LogP contribution is 2.31. The first-order valence-electron chi connectivity index (χ1n) is 11.9. The Morgan fingerprint density at radius 1 is 1.00 bits per heavy atom. The summed E-state index contributed by atoms with van der Waals surface area (Å²) < 4.78 is 65.2. The number of halogens is 1. The van der Waals surface area contributed by atoms with Gasteiger partial charge in [-0.15, -0.1) is 0 Å². The van der Waals surface area contributed by atoms with Crippen LogP contribution >= 0.6 is 11.6 Å².